The molecule has 1 N–H and O–H groups in total. The first kappa shape index (κ1) is 12.1. The normalized spacial score (nSPS) is 11.1. The van der Waals surface area contributed by atoms with Crippen molar-refractivity contribution in [1.82, 2.24) is 9.97 Å². The Balaban J connectivity index is 2.51. The zero-order valence-corrected chi connectivity index (χ0v) is 11.4. The molecule has 0 aliphatic heterocycles. The Hall–Kier alpha value is -1.36. The van der Waals surface area contributed by atoms with Gasteiger partial charge in [0.1, 0.15) is 4.83 Å². The number of hydrogen-bond acceptors (Lipinski definition) is 5. The summed E-state index contributed by atoms with van der Waals surface area (Å²) in [5, 5.41) is 4.13. The second-order valence-corrected chi connectivity index (χ2v) is 5.36. The van der Waals surface area contributed by atoms with Crippen molar-refractivity contribution in [3.05, 3.63) is 10.9 Å². The molecule has 2 aromatic rings. The van der Waals surface area contributed by atoms with Crippen LogP contribution in [0.25, 0.3) is 10.2 Å². The molecule has 5 heteroatoms. The van der Waals surface area contributed by atoms with Crippen LogP contribution in [0.4, 0.5) is 5.95 Å². The van der Waals surface area contributed by atoms with Gasteiger partial charge in [0.2, 0.25) is 11.8 Å². The summed E-state index contributed by atoms with van der Waals surface area (Å²) in [5.41, 5.74) is 0. The molecule has 17 heavy (non-hydrogen) atoms. The van der Waals surface area contributed by atoms with Crippen LogP contribution in [0.3, 0.4) is 0 Å². The van der Waals surface area contributed by atoms with Gasteiger partial charge in [-0.2, -0.15) is 4.98 Å². The minimum atomic E-state index is 0.114. The van der Waals surface area contributed by atoms with Gasteiger partial charge in [-0.3, -0.25) is 0 Å². The van der Waals surface area contributed by atoms with Crippen LogP contribution in [0.2, 0.25) is 0 Å². The summed E-state index contributed by atoms with van der Waals surface area (Å²) in [4.78, 5) is 11.1. The summed E-state index contributed by atoms with van der Waals surface area (Å²) in [5.74, 6) is 1.31. The summed E-state index contributed by atoms with van der Waals surface area (Å²) in [6.07, 6.45) is 0.114. The Morgan fingerprint density at radius 2 is 2.18 bits per heavy atom. The first-order chi connectivity index (χ1) is 8.10. The molecule has 2 aromatic heterocycles. The van der Waals surface area contributed by atoms with Crippen LogP contribution >= 0.6 is 11.3 Å². The average Bonchev–Trinajstić information content (AvgIpc) is 2.58. The molecule has 0 saturated carbocycles. The Bertz CT molecular complexity index is 522. The lowest BCUT2D eigenvalue weighted by molar-refractivity contribution is 0.236. The van der Waals surface area contributed by atoms with Crippen LogP contribution in [0.5, 0.6) is 5.88 Å². The van der Waals surface area contributed by atoms with Crippen LogP contribution in [0.1, 0.15) is 25.6 Å². The Labute approximate surface area is 105 Å². The molecule has 2 rings (SSSR count). The fraction of sp³-hybridized carbons (Fsp3) is 0.500. The Kier molecular flexibility index (Phi) is 3.47. The van der Waals surface area contributed by atoms with Crippen molar-refractivity contribution in [1.29, 1.82) is 0 Å². The first-order valence-corrected chi connectivity index (χ1v) is 6.60. The molecule has 0 aliphatic rings. The third-order valence-corrected chi connectivity index (χ3v) is 3.11. The molecule has 0 aromatic carbocycles. The summed E-state index contributed by atoms with van der Waals surface area (Å²) < 4.78 is 5.74. The Morgan fingerprint density at radius 1 is 1.41 bits per heavy atom. The highest BCUT2D eigenvalue weighted by Gasteiger charge is 2.12. The second kappa shape index (κ2) is 4.87. The third-order valence-electron chi connectivity index (χ3n) is 2.16. The number of thiophene rings is 1. The van der Waals surface area contributed by atoms with Crippen molar-refractivity contribution in [2.75, 3.05) is 11.9 Å². The minimum absolute atomic E-state index is 0.114. The maximum Gasteiger partial charge on any atom is 0.227 e. The van der Waals surface area contributed by atoms with E-state index in [0.717, 1.165) is 16.8 Å². The summed E-state index contributed by atoms with van der Waals surface area (Å²) in [6.45, 7) is 8.89. The van der Waals surface area contributed by atoms with E-state index in [4.69, 9.17) is 4.74 Å². The number of rotatable bonds is 4. The van der Waals surface area contributed by atoms with Gasteiger partial charge < -0.3 is 10.1 Å². The molecule has 0 spiro atoms. The smallest absolute Gasteiger partial charge is 0.227 e. The molecule has 0 radical (unpaired) electrons. The van der Waals surface area contributed by atoms with E-state index in [1.54, 1.807) is 11.3 Å². The predicted octanol–water partition coefficient (Wildman–Crippen LogP) is 3.22. The number of fused-ring (bicyclic) bond motifs is 1. The van der Waals surface area contributed by atoms with Gasteiger partial charge >= 0.3 is 0 Å². The van der Waals surface area contributed by atoms with Crippen molar-refractivity contribution in [3.63, 3.8) is 0 Å². The van der Waals surface area contributed by atoms with Crippen LogP contribution in [-0.2, 0) is 0 Å². The van der Waals surface area contributed by atoms with E-state index in [1.807, 2.05) is 20.8 Å². The summed E-state index contributed by atoms with van der Waals surface area (Å²) in [7, 11) is 0. The molecule has 0 bridgehead atoms. The maximum atomic E-state index is 5.74. The van der Waals surface area contributed by atoms with E-state index in [9.17, 15) is 0 Å². The van der Waals surface area contributed by atoms with E-state index in [0.29, 0.717) is 11.8 Å². The van der Waals surface area contributed by atoms with Crippen molar-refractivity contribution in [3.8, 4) is 5.88 Å². The van der Waals surface area contributed by atoms with Gasteiger partial charge in [-0.05, 0) is 33.8 Å². The minimum Gasteiger partial charge on any atom is -0.474 e. The van der Waals surface area contributed by atoms with Crippen LogP contribution < -0.4 is 10.1 Å². The number of aromatic nitrogens is 2. The summed E-state index contributed by atoms with van der Waals surface area (Å²) in [6, 6.07) is 2.08. The first-order valence-electron chi connectivity index (χ1n) is 5.79. The van der Waals surface area contributed by atoms with Gasteiger partial charge in [0, 0.05) is 11.4 Å². The monoisotopic (exact) mass is 251 g/mol. The van der Waals surface area contributed by atoms with Crippen molar-refractivity contribution in [2.24, 2.45) is 0 Å². The Morgan fingerprint density at radius 3 is 2.82 bits per heavy atom. The summed E-state index contributed by atoms with van der Waals surface area (Å²) >= 11 is 1.66. The molecular weight excluding hydrogens is 234 g/mol. The second-order valence-electron chi connectivity index (χ2n) is 4.13. The van der Waals surface area contributed by atoms with Gasteiger partial charge in [0.15, 0.2) is 0 Å². The van der Waals surface area contributed by atoms with Crippen LogP contribution in [-0.4, -0.2) is 22.6 Å². The van der Waals surface area contributed by atoms with Crippen molar-refractivity contribution >= 4 is 27.5 Å². The van der Waals surface area contributed by atoms with E-state index < -0.39 is 0 Å². The number of hydrogen-bond donors (Lipinski definition) is 1. The van der Waals surface area contributed by atoms with Gasteiger partial charge in [-0.15, -0.1) is 11.3 Å². The third kappa shape index (κ3) is 2.66. The van der Waals surface area contributed by atoms with E-state index >= 15 is 0 Å². The molecule has 4 nitrogen and oxygen atoms in total. The van der Waals surface area contributed by atoms with Gasteiger partial charge in [0.25, 0.3) is 0 Å². The highest BCUT2D eigenvalue weighted by molar-refractivity contribution is 7.18. The lowest BCUT2D eigenvalue weighted by Crippen LogP contribution is -2.09. The molecule has 2 heterocycles. The highest BCUT2D eigenvalue weighted by atomic mass is 32.1. The molecular formula is C12H17N3OS. The molecule has 0 fully saturated rings. The fourth-order valence-electron chi connectivity index (χ4n) is 1.57. The zero-order chi connectivity index (χ0) is 12.4. The van der Waals surface area contributed by atoms with E-state index in [2.05, 4.69) is 28.3 Å². The number of ether oxygens (including phenoxy) is 1. The largest absolute Gasteiger partial charge is 0.474 e. The zero-order valence-electron chi connectivity index (χ0n) is 10.6. The molecule has 0 amide bonds. The van der Waals surface area contributed by atoms with Crippen molar-refractivity contribution < 1.29 is 4.74 Å². The standard InChI is InChI=1S/C12H17N3OS/c1-5-13-12-14-10(16-7(2)3)9-6-8(4)17-11(9)15-12/h6-7H,5H2,1-4H3,(H,13,14,15). The average molecular weight is 251 g/mol. The van der Waals surface area contributed by atoms with Gasteiger partial charge in [-0.25, -0.2) is 4.98 Å². The van der Waals surface area contributed by atoms with Crippen LogP contribution in [0.15, 0.2) is 6.07 Å². The number of anilines is 1. The molecule has 0 atom stereocenters. The lowest BCUT2D eigenvalue weighted by atomic mass is 10.3. The SMILES string of the molecule is CCNc1nc(OC(C)C)c2cc(C)sc2n1. The van der Waals surface area contributed by atoms with Crippen LogP contribution in [0, 0.1) is 6.92 Å². The highest BCUT2D eigenvalue weighted by Crippen LogP contribution is 2.31. The lowest BCUT2D eigenvalue weighted by Gasteiger charge is -2.11. The van der Waals surface area contributed by atoms with Gasteiger partial charge in [-0.1, -0.05) is 0 Å². The number of aryl methyl sites for hydroxylation is 1. The quantitative estimate of drug-likeness (QED) is 0.906. The number of nitrogens with zero attached hydrogens (tertiary/aromatic N) is 2. The van der Waals surface area contributed by atoms with E-state index in [1.165, 1.54) is 4.88 Å². The van der Waals surface area contributed by atoms with Gasteiger partial charge in [0.05, 0.1) is 11.5 Å². The molecule has 0 saturated heterocycles. The maximum absolute atomic E-state index is 5.74. The molecule has 92 valence electrons. The molecule has 0 unspecified atom stereocenters. The van der Waals surface area contributed by atoms with E-state index in [-0.39, 0.29) is 6.10 Å². The predicted molar refractivity (Wildman–Crippen MR) is 72.1 cm³/mol. The van der Waals surface area contributed by atoms with Crippen molar-refractivity contribution in [2.45, 2.75) is 33.8 Å². The topological polar surface area (TPSA) is 47.0 Å². The fourth-order valence-corrected chi connectivity index (χ4v) is 2.44. The molecule has 0 aliphatic carbocycles. The number of nitrogens with one attached hydrogen (secondary N) is 1.